The summed E-state index contributed by atoms with van der Waals surface area (Å²) in [7, 11) is 0. The van der Waals surface area contributed by atoms with Crippen molar-refractivity contribution >= 4 is 11.6 Å². The molecule has 0 saturated carbocycles. The summed E-state index contributed by atoms with van der Waals surface area (Å²) < 4.78 is 7.30. The molecule has 84 valence electrons. The van der Waals surface area contributed by atoms with Gasteiger partial charge in [-0.05, 0) is 24.3 Å². The summed E-state index contributed by atoms with van der Waals surface area (Å²) in [6.07, 6.45) is 6.93. The smallest absolute Gasteiger partial charge is 0.136 e. The molecule has 0 N–H and O–H groups in total. The number of para-hydroxylation sites is 1. The second-order valence-corrected chi connectivity index (χ2v) is 3.99. The molecule has 0 fully saturated rings. The summed E-state index contributed by atoms with van der Waals surface area (Å²) in [6, 6.07) is 9.49. The van der Waals surface area contributed by atoms with Crippen LogP contribution in [0.1, 0.15) is 0 Å². The molecule has 4 heteroatoms. The Hall–Kier alpha value is -2.00. The molecule has 0 aliphatic carbocycles. The first-order valence-electron chi connectivity index (χ1n) is 5.17. The zero-order chi connectivity index (χ0) is 11.7. The Bertz CT molecular complexity index is 615. The molecule has 0 aliphatic rings. The molecule has 2 heterocycles. The zero-order valence-electron chi connectivity index (χ0n) is 8.88. The standard InChI is InChI=1S/C13H9ClN2O/c14-11-4-1-3-10(12-5-2-8-17-12)13(11)16-7-6-15-9-16/h1-9H. The fourth-order valence-electron chi connectivity index (χ4n) is 1.80. The molecule has 0 spiro atoms. The van der Waals surface area contributed by atoms with Crippen molar-refractivity contribution in [3.05, 3.63) is 60.3 Å². The number of aromatic nitrogens is 2. The van der Waals surface area contributed by atoms with Crippen LogP contribution in [-0.4, -0.2) is 9.55 Å². The van der Waals surface area contributed by atoms with Gasteiger partial charge in [0.05, 0.1) is 23.3 Å². The molecular weight excluding hydrogens is 236 g/mol. The molecule has 0 bridgehead atoms. The minimum absolute atomic E-state index is 0.664. The lowest BCUT2D eigenvalue weighted by molar-refractivity contribution is 0.582. The number of hydrogen-bond acceptors (Lipinski definition) is 2. The van der Waals surface area contributed by atoms with Gasteiger partial charge in [-0.25, -0.2) is 4.98 Å². The monoisotopic (exact) mass is 244 g/mol. The van der Waals surface area contributed by atoms with Gasteiger partial charge in [0.1, 0.15) is 5.76 Å². The van der Waals surface area contributed by atoms with Crippen molar-refractivity contribution in [3.8, 4) is 17.0 Å². The van der Waals surface area contributed by atoms with E-state index in [0.717, 1.165) is 17.0 Å². The highest BCUT2D eigenvalue weighted by molar-refractivity contribution is 6.33. The molecule has 0 atom stereocenters. The molecule has 2 aromatic heterocycles. The second kappa shape index (κ2) is 4.11. The number of imidazole rings is 1. The van der Waals surface area contributed by atoms with Crippen LogP contribution in [0, 0.1) is 0 Å². The van der Waals surface area contributed by atoms with Crippen LogP contribution < -0.4 is 0 Å². The van der Waals surface area contributed by atoms with E-state index in [1.165, 1.54) is 0 Å². The largest absolute Gasteiger partial charge is 0.464 e. The normalized spacial score (nSPS) is 10.6. The molecule has 0 aliphatic heterocycles. The van der Waals surface area contributed by atoms with Crippen LogP contribution >= 0.6 is 11.6 Å². The fourth-order valence-corrected chi connectivity index (χ4v) is 2.07. The van der Waals surface area contributed by atoms with Crippen LogP contribution in [0.3, 0.4) is 0 Å². The van der Waals surface area contributed by atoms with Crippen LogP contribution in [-0.2, 0) is 0 Å². The van der Waals surface area contributed by atoms with Crippen molar-refractivity contribution in [1.29, 1.82) is 0 Å². The Labute approximate surface area is 103 Å². The van der Waals surface area contributed by atoms with Gasteiger partial charge in [-0.3, -0.25) is 0 Å². The van der Waals surface area contributed by atoms with Crippen LogP contribution in [0.2, 0.25) is 5.02 Å². The first-order valence-corrected chi connectivity index (χ1v) is 5.55. The summed E-state index contributed by atoms with van der Waals surface area (Å²) in [6.45, 7) is 0. The molecule has 0 amide bonds. The second-order valence-electron chi connectivity index (χ2n) is 3.58. The maximum Gasteiger partial charge on any atom is 0.136 e. The van der Waals surface area contributed by atoms with Gasteiger partial charge < -0.3 is 8.98 Å². The van der Waals surface area contributed by atoms with Gasteiger partial charge >= 0.3 is 0 Å². The van der Waals surface area contributed by atoms with Crippen LogP contribution in [0.15, 0.2) is 59.7 Å². The zero-order valence-corrected chi connectivity index (χ0v) is 9.63. The highest BCUT2D eigenvalue weighted by Gasteiger charge is 2.12. The third-order valence-corrected chi connectivity index (χ3v) is 2.84. The number of nitrogens with zero attached hydrogens (tertiary/aromatic N) is 2. The summed E-state index contributed by atoms with van der Waals surface area (Å²) in [5, 5.41) is 0.664. The van der Waals surface area contributed by atoms with Gasteiger partial charge in [-0.15, -0.1) is 0 Å². The number of benzene rings is 1. The Balaban J connectivity index is 2.26. The average molecular weight is 245 g/mol. The van der Waals surface area contributed by atoms with Gasteiger partial charge in [0.2, 0.25) is 0 Å². The van der Waals surface area contributed by atoms with Crippen molar-refractivity contribution in [3.63, 3.8) is 0 Å². The molecule has 3 rings (SSSR count). The lowest BCUT2D eigenvalue weighted by atomic mass is 10.1. The summed E-state index contributed by atoms with van der Waals surface area (Å²) in [5.74, 6) is 0.788. The van der Waals surface area contributed by atoms with E-state index >= 15 is 0 Å². The van der Waals surface area contributed by atoms with Gasteiger partial charge in [-0.1, -0.05) is 17.7 Å². The molecule has 0 unspecified atom stereocenters. The van der Waals surface area contributed by atoms with Crippen LogP contribution in [0.4, 0.5) is 0 Å². The lowest BCUT2D eigenvalue weighted by Gasteiger charge is -2.10. The highest BCUT2D eigenvalue weighted by Crippen LogP contribution is 2.32. The van der Waals surface area contributed by atoms with Crippen LogP contribution in [0.25, 0.3) is 17.0 Å². The average Bonchev–Trinajstić information content (AvgIpc) is 3.02. The quantitative estimate of drug-likeness (QED) is 0.687. The predicted molar refractivity (Wildman–Crippen MR) is 66.3 cm³/mol. The number of furan rings is 1. The van der Waals surface area contributed by atoms with E-state index in [0.29, 0.717) is 5.02 Å². The third kappa shape index (κ3) is 1.74. The van der Waals surface area contributed by atoms with E-state index in [1.807, 2.05) is 41.1 Å². The van der Waals surface area contributed by atoms with E-state index in [-0.39, 0.29) is 0 Å². The maximum atomic E-state index is 6.25. The van der Waals surface area contributed by atoms with E-state index in [9.17, 15) is 0 Å². The summed E-state index contributed by atoms with van der Waals surface area (Å²) in [4.78, 5) is 4.04. The third-order valence-electron chi connectivity index (χ3n) is 2.54. The minimum atomic E-state index is 0.664. The van der Waals surface area contributed by atoms with Gasteiger partial charge in [-0.2, -0.15) is 0 Å². The highest BCUT2D eigenvalue weighted by atomic mass is 35.5. The van der Waals surface area contributed by atoms with Crippen molar-refractivity contribution in [2.24, 2.45) is 0 Å². The van der Waals surface area contributed by atoms with E-state index in [2.05, 4.69) is 4.98 Å². The first-order chi connectivity index (χ1) is 8.36. The Morgan fingerprint density at radius 2 is 2.12 bits per heavy atom. The minimum Gasteiger partial charge on any atom is -0.464 e. The molecule has 0 radical (unpaired) electrons. The van der Waals surface area contributed by atoms with Crippen LogP contribution in [0.5, 0.6) is 0 Å². The Morgan fingerprint density at radius 1 is 1.18 bits per heavy atom. The first kappa shape index (κ1) is 10.2. The van der Waals surface area contributed by atoms with E-state index in [1.54, 1.807) is 18.8 Å². The summed E-state index contributed by atoms with van der Waals surface area (Å²) in [5.41, 5.74) is 1.82. The van der Waals surface area contributed by atoms with Crippen molar-refractivity contribution < 1.29 is 4.42 Å². The van der Waals surface area contributed by atoms with E-state index in [4.69, 9.17) is 16.0 Å². The molecule has 17 heavy (non-hydrogen) atoms. The molecule has 1 aromatic carbocycles. The number of rotatable bonds is 2. The Morgan fingerprint density at radius 3 is 2.82 bits per heavy atom. The van der Waals surface area contributed by atoms with Crippen molar-refractivity contribution in [2.45, 2.75) is 0 Å². The number of hydrogen-bond donors (Lipinski definition) is 0. The molecular formula is C13H9ClN2O. The Kier molecular flexibility index (Phi) is 2.46. The van der Waals surface area contributed by atoms with Gasteiger partial charge in [0.15, 0.2) is 0 Å². The van der Waals surface area contributed by atoms with Crippen molar-refractivity contribution in [1.82, 2.24) is 9.55 Å². The van der Waals surface area contributed by atoms with Crippen molar-refractivity contribution in [2.75, 3.05) is 0 Å². The van der Waals surface area contributed by atoms with Gasteiger partial charge in [0.25, 0.3) is 0 Å². The maximum absolute atomic E-state index is 6.25. The molecule has 3 aromatic rings. The predicted octanol–water partition coefficient (Wildman–Crippen LogP) is 3.79. The topological polar surface area (TPSA) is 31.0 Å². The molecule has 3 nitrogen and oxygen atoms in total. The summed E-state index contributed by atoms with van der Waals surface area (Å²) >= 11 is 6.25. The van der Waals surface area contributed by atoms with E-state index < -0.39 is 0 Å². The lowest BCUT2D eigenvalue weighted by Crippen LogP contribution is -1.94. The SMILES string of the molecule is Clc1cccc(-c2ccco2)c1-n1ccnc1. The van der Waals surface area contributed by atoms with Gasteiger partial charge in [0, 0.05) is 18.0 Å². The molecule has 0 saturated heterocycles. The fraction of sp³-hybridized carbons (Fsp3) is 0. The number of halogens is 1.